The lowest BCUT2D eigenvalue weighted by Crippen LogP contribution is -2.43. The van der Waals surface area contributed by atoms with E-state index >= 15 is 0 Å². The van der Waals surface area contributed by atoms with Gasteiger partial charge in [0.2, 0.25) is 0 Å². The fourth-order valence-corrected chi connectivity index (χ4v) is 5.11. The van der Waals surface area contributed by atoms with Crippen LogP contribution in [0.25, 0.3) is 11.1 Å². The summed E-state index contributed by atoms with van der Waals surface area (Å²) in [7, 11) is 0. The predicted octanol–water partition coefficient (Wildman–Crippen LogP) is 3.54. The molecule has 1 fully saturated rings. The second kappa shape index (κ2) is 9.01. The summed E-state index contributed by atoms with van der Waals surface area (Å²) in [6.07, 6.45) is 4.31. The number of hydrogen-bond acceptors (Lipinski definition) is 3. The van der Waals surface area contributed by atoms with Gasteiger partial charge in [-0.2, -0.15) is 0 Å². The zero-order chi connectivity index (χ0) is 20.7. The summed E-state index contributed by atoms with van der Waals surface area (Å²) in [5.41, 5.74) is 6.10. The van der Waals surface area contributed by atoms with Gasteiger partial charge < -0.3 is 10.2 Å². The quantitative estimate of drug-likeness (QED) is 0.792. The Hall–Kier alpha value is -2.37. The molecular weight excluding hydrogens is 410 g/mol. The molecule has 0 saturated carbocycles. The van der Waals surface area contributed by atoms with E-state index in [1.54, 1.807) is 0 Å². The molecule has 1 N–H and O–H groups in total. The highest BCUT2D eigenvalue weighted by Crippen LogP contribution is 2.29. The second-order valence-corrected chi connectivity index (χ2v) is 8.82. The van der Waals surface area contributed by atoms with E-state index in [2.05, 4.69) is 29.3 Å². The van der Waals surface area contributed by atoms with Crippen LogP contribution in [0.15, 0.2) is 36.4 Å². The number of nitrogens with one attached hydrogen (secondary N) is 1. The van der Waals surface area contributed by atoms with Gasteiger partial charge in [0.05, 0.1) is 0 Å². The van der Waals surface area contributed by atoms with Crippen LogP contribution < -0.4 is 5.32 Å². The SMILES string of the molecule is C[C@@H]1CCCN1CCN1CCc2cc(-c3ccc4c(c3)CCNC4=O)ccc2C1=O.Cl. The highest BCUT2D eigenvalue weighted by molar-refractivity contribution is 5.98. The first kappa shape index (κ1) is 21.8. The summed E-state index contributed by atoms with van der Waals surface area (Å²) in [6, 6.07) is 12.9. The number of carbonyl (C=O) groups excluding carboxylic acids is 2. The van der Waals surface area contributed by atoms with Gasteiger partial charge in [0.15, 0.2) is 0 Å². The average molecular weight is 440 g/mol. The lowest BCUT2D eigenvalue weighted by Gasteiger charge is -2.31. The van der Waals surface area contributed by atoms with E-state index in [9.17, 15) is 9.59 Å². The van der Waals surface area contributed by atoms with Crippen molar-refractivity contribution in [2.45, 2.75) is 38.6 Å². The van der Waals surface area contributed by atoms with Crippen LogP contribution >= 0.6 is 12.4 Å². The summed E-state index contributed by atoms with van der Waals surface area (Å²) >= 11 is 0. The van der Waals surface area contributed by atoms with Crippen LogP contribution in [-0.2, 0) is 12.8 Å². The van der Waals surface area contributed by atoms with Crippen LogP contribution in [0.5, 0.6) is 0 Å². The van der Waals surface area contributed by atoms with Gasteiger partial charge in [-0.15, -0.1) is 12.4 Å². The summed E-state index contributed by atoms with van der Waals surface area (Å²) in [6.45, 7) is 6.72. The molecule has 164 valence electrons. The van der Waals surface area contributed by atoms with Gasteiger partial charge in [-0.1, -0.05) is 24.3 Å². The third-order valence-corrected chi connectivity index (χ3v) is 6.98. The van der Waals surface area contributed by atoms with E-state index in [0.29, 0.717) is 12.6 Å². The van der Waals surface area contributed by atoms with Gasteiger partial charge in [0.25, 0.3) is 11.8 Å². The molecule has 31 heavy (non-hydrogen) atoms. The summed E-state index contributed by atoms with van der Waals surface area (Å²) in [4.78, 5) is 29.6. The van der Waals surface area contributed by atoms with Crippen molar-refractivity contribution in [3.63, 3.8) is 0 Å². The Bertz CT molecular complexity index is 1010. The standard InChI is InChI=1S/C25H29N3O2.ClH/c1-17-3-2-11-27(17)13-14-28-12-9-21-16-19(5-7-23(21)25(28)30)18-4-6-22-20(15-18)8-10-26-24(22)29;/h4-7,15-17H,2-3,8-14H2,1H3,(H,26,29);1H/t17-;/m1./s1. The molecule has 5 rings (SSSR count). The van der Waals surface area contributed by atoms with Crippen LogP contribution in [0.4, 0.5) is 0 Å². The van der Waals surface area contributed by atoms with E-state index in [4.69, 9.17) is 0 Å². The predicted molar refractivity (Wildman–Crippen MR) is 125 cm³/mol. The van der Waals surface area contributed by atoms with Crippen LogP contribution in [0, 0.1) is 0 Å². The topological polar surface area (TPSA) is 52.6 Å². The van der Waals surface area contributed by atoms with Crippen molar-refractivity contribution in [3.05, 3.63) is 58.7 Å². The van der Waals surface area contributed by atoms with E-state index in [0.717, 1.165) is 72.4 Å². The zero-order valence-electron chi connectivity index (χ0n) is 18.0. The first-order valence-corrected chi connectivity index (χ1v) is 11.2. The van der Waals surface area contributed by atoms with Gasteiger partial charge in [-0.05, 0) is 73.5 Å². The Morgan fingerprint density at radius 1 is 0.935 bits per heavy atom. The highest BCUT2D eigenvalue weighted by Gasteiger charge is 2.27. The second-order valence-electron chi connectivity index (χ2n) is 8.82. The lowest BCUT2D eigenvalue weighted by molar-refractivity contribution is 0.0716. The Morgan fingerprint density at radius 2 is 1.65 bits per heavy atom. The Balaban J connectivity index is 0.00000231. The number of fused-ring (bicyclic) bond motifs is 2. The third-order valence-electron chi connectivity index (χ3n) is 6.98. The van der Waals surface area contributed by atoms with E-state index in [-0.39, 0.29) is 24.2 Å². The van der Waals surface area contributed by atoms with Crippen LogP contribution in [-0.4, -0.2) is 60.4 Å². The molecule has 0 unspecified atom stereocenters. The number of nitrogens with zero attached hydrogens (tertiary/aromatic N) is 2. The molecule has 0 spiro atoms. The molecule has 1 atom stereocenters. The molecule has 0 aliphatic carbocycles. The van der Waals surface area contributed by atoms with Crippen molar-refractivity contribution in [1.82, 2.24) is 15.1 Å². The van der Waals surface area contributed by atoms with Crippen molar-refractivity contribution in [3.8, 4) is 11.1 Å². The molecule has 0 bridgehead atoms. The minimum Gasteiger partial charge on any atom is -0.352 e. The third kappa shape index (κ3) is 4.21. The molecule has 3 aliphatic rings. The van der Waals surface area contributed by atoms with E-state index < -0.39 is 0 Å². The van der Waals surface area contributed by atoms with Crippen molar-refractivity contribution in [1.29, 1.82) is 0 Å². The maximum absolute atomic E-state index is 13.0. The molecule has 6 heteroatoms. The van der Waals surface area contributed by atoms with Gasteiger partial charge in [-0.3, -0.25) is 14.5 Å². The van der Waals surface area contributed by atoms with Gasteiger partial charge in [0, 0.05) is 43.3 Å². The van der Waals surface area contributed by atoms with Crippen LogP contribution in [0.1, 0.15) is 51.6 Å². The molecule has 1 saturated heterocycles. The van der Waals surface area contributed by atoms with Crippen molar-refractivity contribution >= 4 is 24.2 Å². The first-order chi connectivity index (χ1) is 14.6. The molecule has 2 amide bonds. The number of benzene rings is 2. The number of carbonyl (C=O) groups is 2. The summed E-state index contributed by atoms with van der Waals surface area (Å²) < 4.78 is 0. The zero-order valence-corrected chi connectivity index (χ0v) is 18.8. The number of hydrogen-bond donors (Lipinski definition) is 1. The molecule has 0 aromatic heterocycles. The van der Waals surface area contributed by atoms with Gasteiger partial charge in [-0.25, -0.2) is 0 Å². The van der Waals surface area contributed by atoms with Crippen LogP contribution in [0.3, 0.4) is 0 Å². The minimum absolute atomic E-state index is 0. The molecule has 3 heterocycles. The maximum atomic E-state index is 13.0. The number of rotatable bonds is 4. The normalized spacial score (nSPS) is 20.7. The van der Waals surface area contributed by atoms with Gasteiger partial charge >= 0.3 is 0 Å². The Morgan fingerprint density at radius 3 is 2.35 bits per heavy atom. The van der Waals surface area contributed by atoms with Crippen LogP contribution in [0.2, 0.25) is 0 Å². The summed E-state index contributed by atoms with van der Waals surface area (Å²) in [5, 5.41) is 2.89. The molecule has 3 aliphatic heterocycles. The fraction of sp³-hybridized carbons (Fsp3) is 0.440. The van der Waals surface area contributed by atoms with Crippen molar-refractivity contribution < 1.29 is 9.59 Å². The molecule has 2 aromatic carbocycles. The number of halogens is 1. The lowest BCUT2D eigenvalue weighted by atomic mass is 9.91. The largest absolute Gasteiger partial charge is 0.352 e. The maximum Gasteiger partial charge on any atom is 0.254 e. The average Bonchev–Trinajstić information content (AvgIpc) is 3.18. The highest BCUT2D eigenvalue weighted by atomic mass is 35.5. The molecule has 0 radical (unpaired) electrons. The number of likely N-dealkylation sites (tertiary alicyclic amines) is 1. The number of amides is 2. The van der Waals surface area contributed by atoms with Crippen molar-refractivity contribution in [2.24, 2.45) is 0 Å². The summed E-state index contributed by atoms with van der Waals surface area (Å²) in [5.74, 6) is 0.180. The monoisotopic (exact) mass is 439 g/mol. The van der Waals surface area contributed by atoms with E-state index in [1.165, 1.54) is 12.8 Å². The van der Waals surface area contributed by atoms with E-state index in [1.807, 2.05) is 29.2 Å². The first-order valence-electron chi connectivity index (χ1n) is 11.2. The van der Waals surface area contributed by atoms with Crippen molar-refractivity contribution in [2.75, 3.05) is 32.7 Å². The molecule has 2 aromatic rings. The minimum atomic E-state index is 0. The Kier molecular flexibility index (Phi) is 6.35. The molecule has 5 nitrogen and oxygen atoms in total. The Labute approximate surface area is 190 Å². The smallest absolute Gasteiger partial charge is 0.254 e. The molecular formula is C25H30ClN3O2. The fourth-order valence-electron chi connectivity index (χ4n) is 5.11. The van der Waals surface area contributed by atoms with Gasteiger partial charge in [0.1, 0.15) is 0 Å².